The summed E-state index contributed by atoms with van der Waals surface area (Å²) in [6.45, 7) is 2.16. The van der Waals surface area contributed by atoms with Crippen molar-refractivity contribution in [2.75, 3.05) is 0 Å². The summed E-state index contributed by atoms with van der Waals surface area (Å²) in [5.41, 5.74) is 0. The number of carbonyl (C=O) groups is 1. The summed E-state index contributed by atoms with van der Waals surface area (Å²) in [7, 11) is 0. The molecule has 0 aromatic carbocycles. The van der Waals surface area contributed by atoms with Gasteiger partial charge in [0, 0.05) is 0 Å². The van der Waals surface area contributed by atoms with Gasteiger partial charge in [-0.15, -0.1) is 0 Å². The molecule has 0 saturated heterocycles. The summed E-state index contributed by atoms with van der Waals surface area (Å²) in [6.07, 6.45) is 4.53. The van der Waals surface area contributed by atoms with E-state index in [2.05, 4.69) is 20.5 Å². The van der Waals surface area contributed by atoms with Gasteiger partial charge in [-0.25, -0.2) is 4.98 Å². The fraction of sp³-hybridized carbons (Fsp3) is 0.286. The normalized spacial score (nSPS) is 10.4. The zero-order chi connectivity index (χ0) is 8.81. The van der Waals surface area contributed by atoms with E-state index in [4.69, 9.17) is 0 Å². The van der Waals surface area contributed by atoms with E-state index in [9.17, 15) is 4.79 Å². The molecule has 1 aromatic heterocycles. The Kier molecular flexibility index (Phi) is 3.01. The fourth-order valence-corrected chi connectivity index (χ4v) is 0.697. The van der Waals surface area contributed by atoms with Crippen molar-refractivity contribution in [3.8, 4) is 0 Å². The first-order valence-corrected chi connectivity index (χ1v) is 3.57. The Labute approximate surface area is 69.9 Å². The van der Waals surface area contributed by atoms with Crippen LogP contribution in [0.4, 0.5) is 0 Å². The fourth-order valence-electron chi connectivity index (χ4n) is 0.697. The van der Waals surface area contributed by atoms with E-state index in [-0.39, 0.29) is 5.91 Å². The average Bonchev–Trinajstić information content (AvgIpc) is 2.53. The van der Waals surface area contributed by atoms with Gasteiger partial charge in [0.2, 0.25) is 5.91 Å². The highest BCUT2D eigenvalue weighted by Crippen LogP contribution is 1.83. The molecule has 12 heavy (non-hydrogen) atoms. The van der Waals surface area contributed by atoms with Gasteiger partial charge in [0.1, 0.15) is 12.2 Å². The molecule has 0 atom stereocenters. The van der Waals surface area contributed by atoms with Crippen molar-refractivity contribution in [3.63, 3.8) is 0 Å². The lowest BCUT2D eigenvalue weighted by molar-refractivity contribution is -0.116. The number of aromatic nitrogens is 3. The number of H-pyrrole nitrogens is 1. The first-order chi connectivity index (χ1) is 5.83. The minimum Gasteiger partial charge on any atom is -0.345 e. The van der Waals surface area contributed by atoms with Crippen LogP contribution in [0.1, 0.15) is 12.7 Å². The van der Waals surface area contributed by atoms with Crippen molar-refractivity contribution < 1.29 is 4.79 Å². The molecule has 5 nitrogen and oxygen atoms in total. The van der Waals surface area contributed by atoms with E-state index in [1.54, 1.807) is 13.0 Å². The maximum atomic E-state index is 10.9. The molecule has 1 heterocycles. The van der Waals surface area contributed by atoms with Gasteiger partial charge in [-0.3, -0.25) is 9.89 Å². The Bertz CT molecular complexity index is 265. The number of carbonyl (C=O) groups excluding carboxylic acids is 1. The van der Waals surface area contributed by atoms with E-state index in [1.165, 1.54) is 12.4 Å². The average molecular weight is 166 g/mol. The monoisotopic (exact) mass is 166 g/mol. The van der Waals surface area contributed by atoms with Crippen molar-refractivity contribution >= 4 is 5.91 Å². The van der Waals surface area contributed by atoms with Gasteiger partial charge < -0.3 is 5.32 Å². The molecule has 0 unspecified atom stereocenters. The number of hydrogen-bond donors (Lipinski definition) is 2. The second-order valence-corrected chi connectivity index (χ2v) is 2.15. The second kappa shape index (κ2) is 4.27. The molecule has 0 bridgehead atoms. The molecule has 0 radical (unpaired) electrons. The molecule has 1 rings (SSSR count). The van der Waals surface area contributed by atoms with Gasteiger partial charge in [-0.05, 0) is 13.0 Å². The van der Waals surface area contributed by atoms with Crippen LogP contribution in [0.15, 0.2) is 18.5 Å². The number of nitrogens with zero attached hydrogens (tertiary/aromatic N) is 2. The second-order valence-electron chi connectivity index (χ2n) is 2.15. The van der Waals surface area contributed by atoms with Crippen molar-refractivity contribution in [2.24, 2.45) is 0 Å². The molecular weight excluding hydrogens is 156 g/mol. The first-order valence-electron chi connectivity index (χ1n) is 3.57. The lowest BCUT2D eigenvalue weighted by Crippen LogP contribution is -2.20. The largest absolute Gasteiger partial charge is 0.345 e. The number of nitrogens with one attached hydrogen (secondary N) is 2. The summed E-state index contributed by atoms with van der Waals surface area (Å²) in [4.78, 5) is 14.7. The Balaban J connectivity index is 2.31. The highest BCUT2D eigenvalue weighted by atomic mass is 16.1. The van der Waals surface area contributed by atoms with Gasteiger partial charge in [0.05, 0.1) is 6.54 Å². The molecule has 0 fully saturated rings. The van der Waals surface area contributed by atoms with Crippen LogP contribution in [0.2, 0.25) is 0 Å². The Morgan fingerprint density at radius 3 is 3.25 bits per heavy atom. The number of hydrogen-bond acceptors (Lipinski definition) is 3. The molecule has 2 N–H and O–H groups in total. The maximum Gasteiger partial charge on any atom is 0.244 e. The quantitative estimate of drug-likeness (QED) is 0.621. The summed E-state index contributed by atoms with van der Waals surface area (Å²) in [5.74, 6) is 0.516. The minimum atomic E-state index is -0.131. The Hall–Kier alpha value is -1.65. The molecule has 5 heteroatoms. The minimum absolute atomic E-state index is 0.131. The smallest absolute Gasteiger partial charge is 0.244 e. The highest BCUT2D eigenvalue weighted by Gasteiger charge is 1.96. The van der Waals surface area contributed by atoms with Crippen molar-refractivity contribution in [1.29, 1.82) is 0 Å². The van der Waals surface area contributed by atoms with E-state index >= 15 is 0 Å². The molecule has 0 saturated carbocycles. The van der Waals surface area contributed by atoms with E-state index in [0.29, 0.717) is 12.4 Å². The van der Waals surface area contributed by atoms with Gasteiger partial charge >= 0.3 is 0 Å². The molecule has 0 aliphatic carbocycles. The zero-order valence-electron chi connectivity index (χ0n) is 6.74. The molecule has 0 aliphatic rings. The molecule has 0 spiro atoms. The third-order valence-electron chi connectivity index (χ3n) is 1.21. The first kappa shape index (κ1) is 8.45. The van der Waals surface area contributed by atoms with E-state index < -0.39 is 0 Å². The standard InChI is InChI=1S/C7H10N4O/c1-2-3-7(12)8-4-6-9-5-10-11-6/h2-3,5H,4H2,1H3,(H,8,12)(H,9,10,11). The highest BCUT2D eigenvalue weighted by molar-refractivity contribution is 5.87. The third-order valence-corrected chi connectivity index (χ3v) is 1.21. The van der Waals surface area contributed by atoms with Crippen LogP contribution in [0.25, 0.3) is 0 Å². The van der Waals surface area contributed by atoms with Gasteiger partial charge in [0.25, 0.3) is 0 Å². The lowest BCUT2D eigenvalue weighted by Gasteiger charge is -1.96. The van der Waals surface area contributed by atoms with Crippen LogP contribution in [0, 0.1) is 0 Å². The van der Waals surface area contributed by atoms with Gasteiger partial charge in [-0.2, -0.15) is 5.10 Å². The zero-order valence-corrected chi connectivity index (χ0v) is 6.74. The van der Waals surface area contributed by atoms with Crippen LogP contribution in [-0.2, 0) is 11.3 Å². The van der Waals surface area contributed by atoms with Crippen molar-refractivity contribution in [2.45, 2.75) is 13.5 Å². The van der Waals surface area contributed by atoms with Gasteiger partial charge in [0.15, 0.2) is 0 Å². The van der Waals surface area contributed by atoms with Crippen LogP contribution in [0.3, 0.4) is 0 Å². The van der Waals surface area contributed by atoms with E-state index in [0.717, 1.165) is 0 Å². The summed E-state index contributed by atoms with van der Waals surface area (Å²) in [5, 5.41) is 8.90. The molecule has 1 aromatic rings. The Morgan fingerprint density at radius 2 is 2.67 bits per heavy atom. The summed E-state index contributed by atoms with van der Waals surface area (Å²) < 4.78 is 0. The van der Waals surface area contributed by atoms with Crippen LogP contribution >= 0.6 is 0 Å². The maximum absolute atomic E-state index is 10.9. The number of rotatable bonds is 3. The molecule has 1 amide bonds. The lowest BCUT2D eigenvalue weighted by atomic mass is 10.5. The van der Waals surface area contributed by atoms with E-state index in [1.807, 2.05) is 0 Å². The van der Waals surface area contributed by atoms with Crippen LogP contribution < -0.4 is 5.32 Å². The van der Waals surface area contributed by atoms with Crippen LogP contribution in [0.5, 0.6) is 0 Å². The molecule has 64 valence electrons. The predicted octanol–water partition coefficient (Wildman–Crippen LogP) is -0.00300. The summed E-state index contributed by atoms with van der Waals surface area (Å²) in [6, 6.07) is 0. The topological polar surface area (TPSA) is 70.7 Å². The summed E-state index contributed by atoms with van der Waals surface area (Å²) >= 11 is 0. The van der Waals surface area contributed by atoms with Crippen molar-refractivity contribution in [1.82, 2.24) is 20.5 Å². The molecular formula is C7H10N4O. The predicted molar refractivity (Wildman–Crippen MR) is 43.0 cm³/mol. The molecule has 0 aliphatic heterocycles. The third kappa shape index (κ3) is 2.53. The van der Waals surface area contributed by atoms with Crippen LogP contribution in [-0.4, -0.2) is 21.1 Å². The van der Waals surface area contributed by atoms with Crippen molar-refractivity contribution in [3.05, 3.63) is 24.3 Å². The number of aromatic amines is 1. The number of amides is 1. The Morgan fingerprint density at radius 1 is 1.83 bits per heavy atom. The number of allylic oxidation sites excluding steroid dienone is 1. The van der Waals surface area contributed by atoms with Gasteiger partial charge in [-0.1, -0.05) is 6.08 Å². The SMILES string of the molecule is CC=CC(=O)NCc1ncn[nH]1.